The molecule has 47 heavy (non-hydrogen) atoms. The minimum Gasteiger partial charge on any atom is -0.502 e. The number of halogens is 1. The number of likely N-dealkylation sites (tertiary alicyclic amines) is 1. The Bertz CT molecular complexity index is 1720. The molecule has 5 rings (SSSR count). The van der Waals surface area contributed by atoms with Crippen molar-refractivity contribution in [2.75, 3.05) is 23.8 Å². The number of benzene rings is 1. The number of piperidine rings is 1. The number of ketones is 1. The van der Waals surface area contributed by atoms with Gasteiger partial charge in [-0.1, -0.05) is 18.7 Å². The van der Waals surface area contributed by atoms with Crippen molar-refractivity contribution in [3.8, 4) is 0 Å². The molecule has 3 heterocycles. The summed E-state index contributed by atoms with van der Waals surface area (Å²) < 4.78 is 12.7. The Hall–Kier alpha value is -4.52. The summed E-state index contributed by atoms with van der Waals surface area (Å²) in [5.41, 5.74) is 1.66. The van der Waals surface area contributed by atoms with E-state index in [-0.39, 0.29) is 47.9 Å². The topological polar surface area (TPSA) is 145 Å². The van der Waals surface area contributed by atoms with Crippen LogP contribution in [0.25, 0.3) is 10.9 Å². The first-order valence-corrected chi connectivity index (χ1v) is 16.4. The van der Waals surface area contributed by atoms with Gasteiger partial charge in [0, 0.05) is 24.0 Å². The van der Waals surface area contributed by atoms with Crippen LogP contribution < -0.4 is 10.6 Å². The molecule has 2 fully saturated rings. The summed E-state index contributed by atoms with van der Waals surface area (Å²) in [5, 5.41) is 10.7. The number of carbonyl (C=O) groups excluding carboxylic acids is 4. The Morgan fingerprint density at radius 3 is 2.66 bits per heavy atom. The van der Waals surface area contributed by atoms with Crippen molar-refractivity contribution in [1.82, 2.24) is 19.7 Å². The third kappa shape index (κ3) is 7.56. The van der Waals surface area contributed by atoms with E-state index < -0.39 is 12.1 Å². The highest BCUT2D eigenvalue weighted by Gasteiger charge is 2.66. The number of aryl methyl sites for hydroxylation is 1. The van der Waals surface area contributed by atoms with Crippen LogP contribution in [0.4, 0.5) is 16.3 Å². The van der Waals surface area contributed by atoms with E-state index >= 15 is 0 Å². The molecule has 1 saturated heterocycles. The molecule has 2 N–H and O–H groups in total. The molecule has 248 valence electrons. The number of ether oxygens (including phenoxy) is 2. The third-order valence-electron chi connectivity index (χ3n) is 8.80. The molecule has 1 aromatic carbocycles. The van der Waals surface area contributed by atoms with Gasteiger partial charge in [-0.3, -0.25) is 24.4 Å². The van der Waals surface area contributed by atoms with Crippen LogP contribution in [0, 0.1) is 12.3 Å². The maximum absolute atomic E-state index is 14.1. The summed E-state index contributed by atoms with van der Waals surface area (Å²) in [6, 6.07) is 7.75. The van der Waals surface area contributed by atoms with Crippen LogP contribution in [0.3, 0.4) is 0 Å². The summed E-state index contributed by atoms with van der Waals surface area (Å²) >= 11 is 3.36. The monoisotopic (exact) mass is 706 g/mol. The van der Waals surface area contributed by atoms with Gasteiger partial charge in [0.1, 0.15) is 28.7 Å². The summed E-state index contributed by atoms with van der Waals surface area (Å²) in [7, 11) is 0. The zero-order chi connectivity index (χ0) is 33.7. The average Bonchev–Trinajstić information content (AvgIpc) is 3.45. The second-order valence-electron chi connectivity index (χ2n) is 12.0. The second-order valence-corrected chi connectivity index (χ2v) is 12.8. The van der Waals surface area contributed by atoms with Gasteiger partial charge in [0.05, 0.1) is 25.0 Å². The lowest BCUT2D eigenvalue weighted by molar-refractivity contribution is -0.138. The first-order chi connectivity index (χ1) is 22.6. The van der Waals surface area contributed by atoms with Gasteiger partial charge in [0.15, 0.2) is 5.78 Å². The summed E-state index contributed by atoms with van der Waals surface area (Å²) in [4.78, 5) is 58.8. The van der Waals surface area contributed by atoms with Crippen molar-refractivity contribution >= 4 is 62.0 Å². The number of fused-ring (bicyclic) bond motifs is 2. The summed E-state index contributed by atoms with van der Waals surface area (Å²) in [6.07, 6.45) is 6.93. The normalized spacial score (nSPS) is 19.5. The fourth-order valence-electron chi connectivity index (χ4n) is 6.31. The quantitative estimate of drug-likeness (QED) is 0.0629. The van der Waals surface area contributed by atoms with Crippen LogP contribution in [0.5, 0.6) is 0 Å². The maximum Gasteiger partial charge on any atom is 0.411 e. The predicted octanol–water partition coefficient (Wildman–Crippen LogP) is 6.16. The number of nitrogens with zero attached hydrogens (tertiary/aromatic N) is 4. The number of hydrogen-bond acceptors (Lipinski definition) is 8. The highest BCUT2D eigenvalue weighted by Crippen LogP contribution is 2.62. The maximum atomic E-state index is 14.1. The Morgan fingerprint density at radius 1 is 1.11 bits per heavy atom. The molecular formula is C34H39BrN6O6. The third-order valence-corrected chi connectivity index (χ3v) is 9.24. The van der Waals surface area contributed by atoms with E-state index in [1.165, 1.54) is 17.9 Å². The van der Waals surface area contributed by atoms with E-state index in [0.717, 1.165) is 24.8 Å². The zero-order valence-corrected chi connectivity index (χ0v) is 28.2. The lowest BCUT2D eigenvalue weighted by Crippen LogP contribution is -2.47. The minimum absolute atomic E-state index is 0.150. The molecule has 1 aliphatic heterocycles. The molecule has 0 radical (unpaired) electrons. The number of Topliss-reactive ketones (excluding diaryl/α,β-unsaturated/α-hetero) is 1. The van der Waals surface area contributed by atoms with Crippen molar-refractivity contribution in [2.45, 2.75) is 71.0 Å². The molecule has 2 aromatic heterocycles. The van der Waals surface area contributed by atoms with Crippen molar-refractivity contribution in [3.05, 3.63) is 71.7 Å². The van der Waals surface area contributed by atoms with Crippen molar-refractivity contribution in [3.63, 3.8) is 0 Å². The Kier molecular flexibility index (Phi) is 10.4. The highest BCUT2D eigenvalue weighted by atomic mass is 79.9. The number of unbranched alkanes of at least 4 members (excludes halogenated alkanes) is 2. The van der Waals surface area contributed by atoms with Crippen LogP contribution in [0.1, 0.15) is 61.5 Å². The number of carbonyl (C=O) groups is 4. The molecule has 1 saturated carbocycles. The molecule has 13 heteroatoms. The van der Waals surface area contributed by atoms with Crippen LogP contribution in [0.2, 0.25) is 0 Å². The van der Waals surface area contributed by atoms with Gasteiger partial charge in [0.25, 0.3) is 0 Å². The van der Waals surface area contributed by atoms with Gasteiger partial charge >= 0.3 is 6.09 Å². The number of hydrogen-bond donors (Lipinski definition) is 2. The molecule has 3 amide bonds. The van der Waals surface area contributed by atoms with Gasteiger partial charge in [0.2, 0.25) is 11.8 Å². The molecule has 12 nitrogen and oxygen atoms in total. The zero-order valence-electron chi connectivity index (χ0n) is 26.6. The highest BCUT2D eigenvalue weighted by molar-refractivity contribution is 9.10. The smallest absolute Gasteiger partial charge is 0.411 e. The van der Waals surface area contributed by atoms with Crippen LogP contribution in [0.15, 0.2) is 60.4 Å². The second kappa shape index (κ2) is 14.5. The molecule has 3 atom stereocenters. The van der Waals surface area contributed by atoms with E-state index in [4.69, 9.17) is 9.47 Å². The van der Waals surface area contributed by atoms with Crippen molar-refractivity contribution in [2.24, 2.45) is 5.41 Å². The molecule has 2 aliphatic rings. The fraction of sp³-hybridized carbons (Fsp3) is 0.412. The Balaban J connectivity index is 1.38. The van der Waals surface area contributed by atoms with Gasteiger partial charge < -0.3 is 19.7 Å². The van der Waals surface area contributed by atoms with E-state index in [2.05, 4.69) is 49.8 Å². The van der Waals surface area contributed by atoms with Gasteiger partial charge in [-0.25, -0.2) is 9.78 Å². The Labute approximate surface area is 281 Å². The number of allylic oxidation sites excluding steroid dienone is 1. The molecule has 0 unspecified atom stereocenters. The standard InChI is InChI=1S/C34H39BrN6O6/c1-5-7-8-9-15-47-33(45)36-23-11-12-24-25(17-23)40(39-30(24)22(4)42)20-29(43)41-26(18-34(19-27(34)41)14-16-46-6-2)32(44)38-31-21(3)10-13-28(35)37-31/h5-6,10-13,17,26-27H,1-2,7-9,14-16,18-20H2,3-4H3,(H,36,45)(H,37,38,44)/t26-,27+,34-/m0/s1. The van der Waals surface area contributed by atoms with E-state index in [0.29, 0.717) is 52.9 Å². The minimum atomic E-state index is -0.738. The molecular weight excluding hydrogens is 668 g/mol. The first kappa shape index (κ1) is 33.8. The first-order valence-electron chi connectivity index (χ1n) is 15.6. The lowest BCUT2D eigenvalue weighted by atomic mass is 9.95. The van der Waals surface area contributed by atoms with Crippen LogP contribution in [-0.4, -0.2) is 68.7 Å². The number of anilines is 2. The van der Waals surface area contributed by atoms with Crippen LogP contribution >= 0.6 is 15.9 Å². The lowest BCUT2D eigenvalue weighted by Gasteiger charge is -2.27. The fourth-order valence-corrected chi connectivity index (χ4v) is 6.61. The van der Waals surface area contributed by atoms with Crippen molar-refractivity contribution in [1.29, 1.82) is 0 Å². The number of nitrogens with one attached hydrogen (secondary N) is 2. The van der Waals surface area contributed by atoms with E-state index in [1.807, 2.05) is 19.1 Å². The summed E-state index contributed by atoms with van der Waals surface area (Å²) in [5.74, 6) is -0.483. The predicted molar refractivity (Wildman–Crippen MR) is 181 cm³/mol. The molecule has 1 aliphatic carbocycles. The van der Waals surface area contributed by atoms with Crippen molar-refractivity contribution < 1.29 is 28.7 Å². The van der Waals surface area contributed by atoms with Gasteiger partial charge in [-0.2, -0.15) is 5.10 Å². The van der Waals surface area contributed by atoms with Gasteiger partial charge in [-0.05, 0) is 96.6 Å². The summed E-state index contributed by atoms with van der Waals surface area (Å²) in [6.45, 7) is 11.0. The van der Waals surface area contributed by atoms with E-state index in [9.17, 15) is 19.2 Å². The average molecular weight is 708 g/mol. The van der Waals surface area contributed by atoms with Gasteiger partial charge in [-0.15, -0.1) is 6.58 Å². The SMILES string of the molecule is C=CCCCCOC(=O)Nc1ccc2c(C(C)=O)nn(CC(=O)N3[C@H](C(=O)Nc4nc(Br)ccc4C)C[C@@]4(CCOC=C)C[C@@H]34)c2c1. The number of aromatic nitrogens is 3. The number of rotatable bonds is 15. The number of pyridine rings is 1. The molecule has 0 bridgehead atoms. The molecule has 3 aromatic rings. The Morgan fingerprint density at radius 2 is 1.91 bits per heavy atom. The largest absolute Gasteiger partial charge is 0.502 e. The van der Waals surface area contributed by atoms with Crippen LogP contribution in [-0.2, 0) is 25.6 Å². The van der Waals surface area contributed by atoms with E-state index in [1.54, 1.807) is 29.2 Å². The number of amides is 3. The molecule has 0 spiro atoms.